The summed E-state index contributed by atoms with van der Waals surface area (Å²) < 4.78 is 5.17. The molecule has 0 saturated carbocycles. The highest BCUT2D eigenvalue weighted by Crippen LogP contribution is 2.27. The minimum absolute atomic E-state index is 0.300. The maximum atomic E-state index is 10.8. The standard InChI is InChI=1S/C11H16N2O3S/c1-16-7-8-3-2-4-13(6-8)11-12-5-9(17-11)10(14)15/h5,8H,2-4,6-7H2,1H3,(H,14,15). The van der Waals surface area contributed by atoms with Crippen LogP contribution in [0.2, 0.25) is 0 Å². The largest absolute Gasteiger partial charge is 0.477 e. The SMILES string of the molecule is COCC1CCCN(c2ncc(C(=O)O)s2)C1. The highest BCUT2D eigenvalue weighted by Gasteiger charge is 2.22. The first-order chi connectivity index (χ1) is 8.20. The lowest BCUT2D eigenvalue weighted by Gasteiger charge is -2.32. The Labute approximate surface area is 104 Å². The monoisotopic (exact) mass is 256 g/mol. The maximum absolute atomic E-state index is 10.8. The summed E-state index contributed by atoms with van der Waals surface area (Å²) >= 11 is 1.24. The van der Waals surface area contributed by atoms with E-state index < -0.39 is 5.97 Å². The fraction of sp³-hybridized carbons (Fsp3) is 0.636. The van der Waals surface area contributed by atoms with Gasteiger partial charge in [0, 0.05) is 20.2 Å². The minimum atomic E-state index is -0.904. The Kier molecular flexibility index (Phi) is 3.96. The molecule has 1 aliphatic rings. The zero-order chi connectivity index (χ0) is 12.3. The van der Waals surface area contributed by atoms with E-state index in [0.717, 1.165) is 31.2 Å². The number of methoxy groups -OCH3 is 1. The van der Waals surface area contributed by atoms with Crippen LogP contribution in [-0.4, -0.2) is 42.9 Å². The number of hydrogen-bond donors (Lipinski definition) is 1. The van der Waals surface area contributed by atoms with Gasteiger partial charge in [0.1, 0.15) is 4.88 Å². The fourth-order valence-electron chi connectivity index (χ4n) is 2.12. The van der Waals surface area contributed by atoms with Crippen LogP contribution in [-0.2, 0) is 4.74 Å². The van der Waals surface area contributed by atoms with E-state index in [4.69, 9.17) is 9.84 Å². The summed E-state index contributed by atoms with van der Waals surface area (Å²) in [5.74, 6) is -0.384. The summed E-state index contributed by atoms with van der Waals surface area (Å²) in [7, 11) is 1.71. The zero-order valence-electron chi connectivity index (χ0n) is 9.76. The van der Waals surface area contributed by atoms with Crippen LogP contribution in [0.4, 0.5) is 5.13 Å². The molecule has 17 heavy (non-hydrogen) atoms. The number of carboxylic acid groups (broad SMARTS) is 1. The van der Waals surface area contributed by atoms with Crippen molar-refractivity contribution in [2.45, 2.75) is 12.8 Å². The van der Waals surface area contributed by atoms with E-state index in [2.05, 4.69) is 9.88 Å². The van der Waals surface area contributed by atoms with E-state index in [1.165, 1.54) is 24.0 Å². The van der Waals surface area contributed by atoms with Crippen LogP contribution in [0.15, 0.2) is 6.20 Å². The molecule has 1 aromatic rings. The number of carbonyl (C=O) groups is 1. The lowest BCUT2D eigenvalue weighted by Crippen LogP contribution is -2.37. The van der Waals surface area contributed by atoms with Gasteiger partial charge in [-0.25, -0.2) is 9.78 Å². The average molecular weight is 256 g/mol. The van der Waals surface area contributed by atoms with E-state index in [1.807, 2.05) is 0 Å². The van der Waals surface area contributed by atoms with E-state index in [1.54, 1.807) is 7.11 Å². The average Bonchev–Trinajstić information content (AvgIpc) is 2.79. The highest BCUT2D eigenvalue weighted by atomic mass is 32.1. The smallest absolute Gasteiger partial charge is 0.347 e. The van der Waals surface area contributed by atoms with Crippen molar-refractivity contribution in [1.82, 2.24) is 4.98 Å². The molecule has 1 fully saturated rings. The van der Waals surface area contributed by atoms with Crippen molar-refractivity contribution < 1.29 is 14.6 Å². The van der Waals surface area contributed by atoms with E-state index in [0.29, 0.717) is 10.8 Å². The molecular weight excluding hydrogens is 240 g/mol. The third-order valence-electron chi connectivity index (χ3n) is 2.90. The molecule has 6 heteroatoms. The van der Waals surface area contributed by atoms with Crippen molar-refractivity contribution in [3.8, 4) is 0 Å². The third-order valence-corrected chi connectivity index (χ3v) is 3.94. The Morgan fingerprint density at radius 3 is 3.24 bits per heavy atom. The second-order valence-electron chi connectivity index (χ2n) is 4.22. The number of thiazole rings is 1. The molecule has 1 aliphatic heterocycles. The Balaban J connectivity index is 2.02. The Morgan fingerprint density at radius 1 is 1.76 bits per heavy atom. The van der Waals surface area contributed by atoms with Gasteiger partial charge in [-0.3, -0.25) is 0 Å². The number of carboxylic acids is 1. The molecule has 5 nitrogen and oxygen atoms in total. The summed E-state index contributed by atoms with van der Waals surface area (Å²) in [5, 5.41) is 9.67. The molecule has 1 saturated heterocycles. The van der Waals surface area contributed by atoms with Crippen molar-refractivity contribution in [3.05, 3.63) is 11.1 Å². The van der Waals surface area contributed by atoms with Gasteiger partial charge in [0.05, 0.1) is 12.8 Å². The van der Waals surface area contributed by atoms with Crippen LogP contribution in [0.5, 0.6) is 0 Å². The lowest BCUT2D eigenvalue weighted by molar-refractivity contribution is 0.0702. The van der Waals surface area contributed by atoms with Crippen LogP contribution in [0.25, 0.3) is 0 Å². The van der Waals surface area contributed by atoms with Crippen LogP contribution in [0.3, 0.4) is 0 Å². The molecule has 2 heterocycles. The van der Waals surface area contributed by atoms with Gasteiger partial charge in [-0.05, 0) is 18.8 Å². The van der Waals surface area contributed by atoms with Crippen LogP contribution in [0.1, 0.15) is 22.5 Å². The van der Waals surface area contributed by atoms with Gasteiger partial charge in [-0.15, -0.1) is 0 Å². The van der Waals surface area contributed by atoms with Crippen molar-refractivity contribution in [1.29, 1.82) is 0 Å². The van der Waals surface area contributed by atoms with Crippen molar-refractivity contribution in [3.63, 3.8) is 0 Å². The Bertz CT molecular complexity index is 392. The predicted octanol–water partition coefficient (Wildman–Crippen LogP) is 1.70. The maximum Gasteiger partial charge on any atom is 0.347 e. The predicted molar refractivity (Wildman–Crippen MR) is 65.9 cm³/mol. The molecular formula is C11H16N2O3S. The molecule has 94 valence electrons. The number of hydrogen-bond acceptors (Lipinski definition) is 5. The Hall–Kier alpha value is -1.14. The molecule has 1 atom stereocenters. The first-order valence-electron chi connectivity index (χ1n) is 5.63. The van der Waals surface area contributed by atoms with Crippen LogP contribution < -0.4 is 4.90 Å². The van der Waals surface area contributed by atoms with Gasteiger partial charge >= 0.3 is 5.97 Å². The zero-order valence-corrected chi connectivity index (χ0v) is 10.6. The van der Waals surface area contributed by atoms with Crippen LogP contribution >= 0.6 is 11.3 Å². The number of rotatable bonds is 4. The fourth-order valence-corrected chi connectivity index (χ4v) is 2.91. The molecule has 0 spiro atoms. The Morgan fingerprint density at radius 2 is 2.59 bits per heavy atom. The van der Waals surface area contributed by atoms with Crippen molar-refractivity contribution in [2.24, 2.45) is 5.92 Å². The summed E-state index contributed by atoms with van der Waals surface area (Å²) in [6, 6.07) is 0. The molecule has 0 bridgehead atoms. The minimum Gasteiger partial charge on any atom is -0.477 e. The number of aromatic carboxylic acids is 1. The van der Waals surface area contributed by atoms with Gasteiger partial charge in [0.2, 0.25) is 0 Å². The molecule has 0 radical (unpaired) electrons. The van der Waals surface area contributed by atoms with Gasteiger partial charge in [0.15, 0.2) is 5.13 Å². The van der Waals surface area contributed by atoms with Gasteiger partial charge in [0.25, 0.3) is 0 Å². The second-order valence-corrected chi connectivity index (χ2v) is 5.23. The highest BCUT2D eigenvalue weighted by molar-refractivity contribution is 7.17. The van der Waals surface area contributed by atoms with Gasteiger partial charge in [-0.1, -0.05) is 11.3 Å². The molecule has 0 amide bonds. The summed E-state index contributed by atoms with van der Waals surface area (Å²) in [5.41, 5.74) is 0. The lowest BCUT2D eigenvalue weighted by atomic mass is 9.99. The number of aromatic nitrogens is 1. The quantitative estimate of drug-likeness (QED) is 0.888. The van der Waals surface area contributed by atoms with Crippen molar-refractivity contribution in [2.75, 3.05) is 31.7 Å². The van der Waals surface area contributed by atoms with E-state index >= 15 is 0 Å². The molecule has 1 N–H and O–H groups in total. The summed E-state index contributed by atoms with van der Waals surface area (Å²) in [6.45, 7) is 2.61. The molecule has 2 rings (SSSR count). The summed E-state index contributed by atoms with van der Waals surface area (Å²) in [6.07, 6.45) is 3.71. The van der Waals surface area contributed by atoms with Crippen LogP contribution in [0, 0.1) is 5.92 Å². The normalized spacial score (nSPS) is 20.5. The number of piperidine rings is 1. The van der Waals surface area contributed by atoms with Gasteiger partial charge < -0.3 is 14.7 Å². The third kappa shape index (κ3) is 2.95. The first kappa shape index (κ1) is 12.3. The topological polar surface area (TPSA) is 62.7 Å². The van der Waals surface area contributed by atoms with Crippen molar-refractivity contribution >= 4 is 22.4 Å². The van der Waals surface area contributed by atoms with E-state index in [9.17, 15) is 4.79 Å². The number of ether oxygens (including phenoxy) is 1. The summed E-state index contributed by atoms with van der Waals surface area (Å²) in [4.78, 5) is 17.4. The van der Waals surface area contributed by atoms with Gasteiger partial charge in [-0.2, -0.15) is 0 Å². The molecule has 0 aromatic carbocycles. The molecule has 1 unspecified atom stereocenters. The number of nitrogens with zero attached hydrogens (tertiary/aromatic N) is 2. The molecule has 0 aliphatic carbocycles. The number of anilines is 1. The molecule has 1 aromatic heterocycles. The first-order valence-corrected chi connectivity index (χ1v) is 6.45. The second kappa shape index (κ2) is 5.46. The van der Waals surface area contributed by atoms with E-state index in [-0.39, 0.29) is 0 Å².